The molecule has 2 aromatic carbocycles. The number of anilines is 2. The Hall–Kier alpha value is -1.79. The van der Waals surface area contributed by atoms with E-state index in [0.717, 1.165) is 33.6 Å². The fraction of sp³-hybridized carbons (Fsp3) is 0.222. The molecule has 0 aromatic heterocycles. The molecule has 2 N–H and O–H groups in total. The summed E-state index contributed by atoms with van der Waals surface area (Å²) in [5.41, 5.74) is 1.56. The smallest absolute Gasteiger partial charge is 0.234 e. The first-order valence-electron chi connectivity index (χ1n) is 7.70. The minimum atomic E-state index is -0.0574. The molecule has 0 radical (unpaired) electrons. The molecule has 0 heterocycles. The van der Waals surface area contributed by atoms with Crippen molar-refractivity contribution in [2.24, 2.45) is 5.92 Å². The van der Waals surface area contributed by atoms with E-state index in [1.54, 1.807) is 0 Å². The lowest BCUT2D eigenvalue weighted by Gasteiger charge is -2.08. The van der Waals surface area contributed by atoms with Gasteiger partial charge in [-0.25, -0.2) is 0 Å². The maximum atomic E-state index is 12.0. The third kappa shape index (κ3) is 4.85. The number of para-hydroxylation sites is 1. The Morgan fingerprint density at radius 3 is 2.42 bits per heavy atom. The Bertz CT molecular complexity index is 745. The quantitative estimate of drug-likeness (QED) is 0.695. The molecule has 0 unspecified atom stereocenters. The standard InChI is InChI=1S/C18H17BrN2O2S/c19-15-3-1-2-4-16(15)21-17(22)11-24-14-9-7-13(8-10-14)20-18(23)12-5-6-12/h1-4,7-10,12H,5-6,11H2,(H,20,23)(H,21,22). The maximum Gasteiger partial charge on any atom is 0.234 e. The van der Waals surface area contributed by atoms with Crippen LogP contribution >= 0.6 is 27.7 Å². The molecule has 0 spiro atoms. The molecule has 24 heavy (non-hydrogen) atoms. The SMILES string of the molecule is O=C(CSc1ccc(NC(=O)C2CC2)cc1)Nc1ccccc1Br. The van der Waals surface area contributed by atoms with Crippen molar-refractivity contribution >= 4 is 50.9 Å². The van der Waals surface area contributed by atoms with Gasteiger partial charge in [0, 0.05) is 21.0 Å². The van der Waals surface area contributed by atoms with Gasteiger partial charge in [-0.05, 0) is 65.2 Å². The highest BCUT2D eigenvalue weighted by Gasteiger charge is 2.29. The van der Waals surface area contributed by atoms with E-state index < -0.39 is 0 Å². The molecule has 1 saturated carbocycles. The number of nitrogens with one attached hydrogen (secondary N) is 2. The second-order valence-corrected chi connectivity index (χ2v) is 7.51. The second-order valence-electron chi connectivity index (χ2n) is 5.60. The fourth-order valence-electron chi connectivity index (χ4n) is 2.12. The van der Waals surface area contributed by atoms with Gasteiger partial charge in [0.05, 0.1) is 11.4 Å². The molecule has 2 aromatic rings. The van der Waals surface area contributed by atoms with Crippen LogP contribution < -0.4 is 10.6 Å². The normalized spacial score (nSPS) is 13.4. The van der Waals surface area contributed by atoms with Gasteiger partial charge in [-0.15, -0.1) is 11.8 Å². The minimum absolute atomic E-state index is 0.0574. The molecule has 0 atom stereocenters. The van der Waals surface area contributed by atoms with Gasteiger partial charge in [-0.3, -0.25) is 9.59 Å². The Morgan fingerprint density at radius 1 is 1.04 bits per heavy atom. The van der Waals surface area contributed by atoms with Gasteiger partial charge in [-0.1, -0.05) is 12.1 Å². The van der Waals surface area contributed by atoms with Gasteiger partial charge in [-0.2, -0.15) is 0 Å². The number of thioether (sulfide) groups is 1. The van der Waals surface area contributed by atoms with Crippen molar-refractivity contribution in [3.63, 3.8) is 0 Å². The van der Waals surface area contributed by atoms with E-state index in [9.17, 15) is 9.59 Å². The molecular weight excluding hydrogens is 388 g/mol. The summed E-state index contributed by atoms with van der Waals surface area (Å²) in [4.78, 5) is 24.7. The van der Waals surface area contributed by atoms with Crippen molar-refractivity contribution in [3.05, 3.63) is 53.0 Å². The zero-order valence-electron chi connectivity index (χ0n) is 12.9. The van der Waals surface area contributed by atoms with Crippen molar-refractivity contribution < 1.29 is 9.59 Å². The van der Waals surface area contributed by atoms with Crippen LogP contribution in [0.4, 0.5) is 11.4 Å². The summed E-state index contributed by atoms with van der Waals surface area (Å²) in [6, 6.07) is 15.1. The Kier molecular flexibility index (Phi) is 5.58. The molecule has 2 amide bonds. The van der Waals surface area contributed by atoms with E-state index in [0.29, 0.717) is 5.75 Å². The molecule has 0 bridgehead atoms. The first kappa shape index (κ1) is 17.0. The molecular formula is C18H17BrN2O2S. The Labute approximate surface area is 153 Å². The van der Waals surface area contributed by atoms with E-state index >= 15 is 0 Å². The van der Waals surface area contributed by atoms with Crippen molar-refractivity contribution in [1.29, 1.82) is 0 Å². The van der Waals surface area contributed by atoms with Crippen LogP contribution in [0, 0.1) is 5.92 Å². The summed E-state index contributed by atoms with van der Waals surface area (Å²) < 4.78 is 0.860. The van der Waals surface area contributed by atoms with Crippen molar-refractivity contribution in [1.82, 2.24) is 0 Å². The number of halogens is 1. The number of benzene rings is 2. The third-order valence-electron chi connectivity index (χ3n) is 3.59. The number of amides is 2. The number of carbonyl (C=O) groups is 2. The minimum Gasteiger partial charge on any atom is -0.326 e. The predicted octanol–water partition coefficient (Wildman–Crippen LogP) is 4.53. The number of rotatable bonds is 6. The first-order chi connectivity index (χ1) is 11.6. The van der Waals surface area contributed by atoms with Gasteiger partial charge in [0.25, 0.3) is 0 Å². The summed E-state index contributed by atoms with van der Waals surface area (Å²) in [6.07, 6.45) is 1.98. The van der Waals surface area contributed by atoms with Gasteiger partial charge >= 0.3 is 0 Å². The number of hydrogen-bond acceptors (Lipinski definition) is 3. The lowest BCUT2D eigenvalue weighted by Crippen LogP contribution is -2.14. The first-order valence-corrected chi connectivity index (χ1v) is 9.48. The summed E-state index contributed by atoms with van der Waals surface area (Å²) in [6.45, 7) is 0. The summed E-state index contributed by atoms with van der Waals surface area (Å²) in [5, 5.41) is 5.78. The molecule has 1 aliphatic carbocycles. The van der Waals surface area contributed by atoms with Crippen LogP contribution in [-0.4, -0.2) is 17.6 Å². The molecule has 124 valence electrons. The van der Waals surface area contributed by atoms with E-state index in [1.165, 1.54) is 11.8 Å². The molecule has 1 fully saturated rings. The topological polar surface area (TPSA) is 58.2 Å². The third-order valence-corrected chi connectivity index (χ3v) is 5.29. The Balaban J connectivity index is 1.48. The molecule has 0 saturated heterocycles. The summed E-state index contributed by atoms with van der Waals surface area (Å²) in [5.74, 6) is 0.566. The van der Waals surface area contributed by atoms with Crippen LogP contribution in [0.25, 0.3) is 0 Å². The summed E-state index contributed by atoms with van der Waals surface area (Å²) >= 11 is 4.87. The van der Waals surface area contributed by atoms with Crippen LogP contribution in [-0.2, 0) is 9.59 Å². The largest absolute Gasteiger partial charge is 0.326 e. The monoisotopic (exact) mass is 404 g/mol. The van der Waals surface area contributed by atoms with Crippen molar-refractivity contribution in [3.8, 4) is 0 Å². The molecule has 1 aliphatic rings. The van der Waals surface area contributed by atoms with Gasteiger partial charge in [0.1, 0.15) is 0 Å². The van der Waals surface area contributed by atoms with Crippen LogP contribution in [0.2, 0.25) is 0 Å². The van der Waals surface area contributed by atoms with E-state index in [-0.39, 0.29) is 17.7 Å². The molecule has 6 heteroatoms. The predicted molar refractivity (Wildman–Crippen MR) is 101 cm³/mol. The van der Waals surface area contributed by atoms with Crippen molar-refractivity contribution in [2.75, 3.05) is 16.4 Å². The average Bonchev–Trinajstić information content (AvgIpc) is 3.41. The fourth-order valence-corrected chi connectivity index (χ4v) is 3.20. The number of hydrogen-bond donors (Lipinski definition) is 2. The number of carbonyl (C=O) groups excluding carboxylic acids is 2. The van der Waals surface area contributed by atoms with E-state index in [1.807, 2.05) is 48.5 Å². The summed E-state index contributed by atoms with van der Waals surface area (Å²) in [7, 11) is 0. The van der Waals surface area contributed by atoms with Gasteiger partial charge in [0.2, 0.25) is 11.8 Å². The average molecular weight is 405 g/mol. The van der Waals surface area contributed by atoms with Crippen LogP contribution in [0.5, 0.6) is 0 Å². The van der Waals surface area contributed by atoms with E-state index in [4.69, 9.17) is 0 Å². The maximum absolute atomic E-state index is 12.0. The highest BCUT2D eigenvalue weighted by atomic mass is 79.9. The lowest BCUT2D eigenvalue weighted by atomic mass is 10.3. The van der Waals surface area contributed by atoms with E-state index in [2.05, 4.69) is 26.6 Å². The van der Waals surface area contributed by atoms with Crippen LogP contribution in [0.1, 0.15) is 12.8 Å². The Morgan fingerprint density at radius 2 is 1.75 bits per heavy atom. The van der Waals surface area contributed by atoms with Crippen LogP contribution in [0.3, 0.4) is 0 Å². The zero-order chi connectivity index (χ0) is 16.9. The van der Waals surface area contributed by atoms with Crippen molar-refractivity contribution in [2.45, 2.75) is 17.7 Å². The highest BCUT2D eigenvalue weighted by molar-refractivity contribution is 9.10. The molecule has 4 nitrogen and oxygen atoms in total. The second kappa shape index (κ2) is 7.85. The molecule has 3 rings (SSSR count). The van der Waals surface area contributed by atoms with Gasteiger partial charge in [0.15, 0.2) is 0 Å². The zero-order valence-corrected chi connectivity index (χ0v) is 15.3. The van der Waals surface area contributed by atoms with Gasteiger partial charge < -0.3 is 10.6 Å². The molecule has 0 aliphatic heterocycles. The lowest BCUT2D eigenvalue weighted by molar-refractivity contribution is -0.117. The van der Waals surface area contributed by atoms with Crippen LogP contribution in [0.15, 0.2) is 57.9 Å². The highest BCUT2D eigenvalue weighted by Crippen LogP contribution is 2.30.